The number of hydrogen-bond donors (Lipinski definition) is 2. The van der Waals surface area contributed by atoms with Crippen LogP contribution in [0, 0.1) is 0 Å². The molecule has 0 amide bonds. The molecule has 2 saturated heterocycles. The van der Waals surface area contributed by atoms with Crippen LogP contribution in [0.3, 0.4) is 0 Å². The molecule has 2 N–H and O–H groups in total. The van der Waals surface area contributed by atoms with E-state index >= 15 is 0 Å². The van der Waals surface area contributed by atoms with Gasteiger partial charge in [-0.3, -0.25) is 0 Å². The molecule has 2 aliphatic rings. The van der Waals surface area contributed by atoms with Crippen LogP contribution >= 0.6 is 0 Å². The van der Waals surface area contributed by atoms with Gasteiger partial charge in [-0.15, -0.1) is 0 Å². The van der Waals surface area contributed by atoms with Crippen molar-refractivity contribution >= 4 is 11.8 Å². The van der Waals surface area contributed by atoms with Crippen molar-refractivity contribution in [3.63, 3.8) is 0 Å². The van der Waals surface area contributed by atoms with Gasteiger partial charge in [0.05, 0.1) is 24.3 Å². The van der Waals surface area contributed by atoms with Gasteiger partial charge in [-0.25, -0.2) is 4.98 Å². The number of rotatable bonds is 2. The van der Waals surface area contributed by atoms with E-state index in [1.54, 1.807) is 6.20 Å². The molecule has 0 spiro atoms. The lowest BCUT2D eigenvalue weighted by molar-refractivity contribution is 0.170. The first kappa shape index (κ1) is 13.6. The molecule has 0 aliphatic carbocycles. The average molecular weight is 278 g/mol. The van der Waals surface area contributed by atoms with Gasteiger partial charge >= 0.3 is 0 Å². The molecule has 1 aromatic rings. The predicted molar refractivity (Wildman–Crippen MR) is 76.9 cm³/mol. The zero-order chi connectivity index (χ0) is 14.3. The number of aliphatic hydroxyl groups is 2. The van der Waals surface area contributed by atoms with Crippen LogP contribution in [0.25, 0.3) is 0 Å². The van der Waals surface area contributed by atoms with Gasteiger partial charge in [-0.05, 0) is 32.8 Å². The second-order valence-corrected chi connectivity index (χ2v) is 5.79. The Kier molecular flexibility index (Phi) is 3.52. The van der Waals surface area contributed by atoms with Crippen LogP contribution < -0.4 is 9.80 Å². The zero-order valence-corrected chi connectivity index (χ0v) is 12.0. The molecule has 0 radical (unpaired) electrons. The third kappa shape index (κ3) is 2.23. The summed E-state index contributed by atoms with van der Waals surface area (Å²) in [5.41, 5.74) is 0. The Labute approximate surface area is 119 Å². The fraction of sp³-hybridized carbons (Fsp3) is 0.714. The third-order valence-corrected chi connectivity index (χ3v) is 4.61. The van der Waals surface area contributed by atoms with E-state index in [4.69, 9.17) is 0 Å². The maximum atomic E-state index is 9.86. The van der Waals surface area contributed by atoms with Crippen LogP contribution in [0.15, 0.2) is 12.3 Å². The van der Waals surface area contributed by atoms with Crippen LogP contribution in [0.5, 0.6) is 0 Å². The summed E-state index contributed by atoms with van der Waals surface area (Å²) >= 11 is 0. The van der Waals surface area contributed by atoms with Gasteiger partial charge in [-0.2, -0.15) is 4.98 Å². The van der Waals surface area contributed by atoms with E-state index in [-0.39, 0.29) is 24.3 Å². The third-order valence-electron chi connectivity index (χ3n) is 4.61. The summed E-state index contributed by atoms with van der Waals surface area (Å²) < 4.78 is 0. The minimum absolute atomic E-state index is 0.0480. The highest BCUT2D eigenvalue weighted by Crippen LogP contribution is 2.27. The number of aromatic nitrogens is 2. The molecule has 6 nitrogen and oxygen atoms in total. The second-order valence-electron chi connectivity index (χ2n) is 5.79. The molecule has 3 heterocycles. The summed E-state index contributed by atoms with van der Waals surface area (Å²) in [5, 5.41) is 19.7. The monoisotopic (exact) mass is 278 g/mol. The molecule has 0 aromatic carbocycles. The van der Waals surface area contributed by atoms with Gasteiger partial charge < -0.3 is 20.0 Å². The summed E-state index contributed by atoms with van der Waals surface area (Å²) in [4.78, 5) is 13.1. The minimum Gasteiger partial charge on any atom is -0.391 e. The molecule has 1 aromatic heterocycles. The molecule has 3 rings (SSSR count). The molecular weight excluding hydrogens is 256 g/mol. The van der Waals surface area contributed by atoms with Crippen LogP contribution in [0.2, 0.25) is 0 Å². The van der Waals surface area contributed by atoms with Crippen molar-refractivity contribution in [2.24, 2.45) is 0 Å². The molecule has 20 heavy (non-hydrogen) atoms. The SMILES string of the molecule is C[C@@H]1[C@H](O)CCN1c1ccnc(N2CC[C@@H](O)[C@H]2C)n1. The first-order chi connectivity index (χ1) is 9.58. The Balaban J connectivity index is 1.83. The van der Waals surface area contributed by atoms with Crippen LogP contribution in [-0.4, -0.2) is 57.6 Å². The van der Waals surface area contributed by atoms with Crippen LogP contribution in [0.1, 0.15) is 26.7 Å². The lowest BCUT2D eigenvalue weighted by Gasteiger charge is -2.26. The van der Waals surface area contributed by atoms with Gasteiger partial charge in [0.2, 0.25) is 5.95 Å². The Morgan fingerprint density at radius 1 is 1.05 bits per heavy atom. The summed E-state index contributed by atoms with van der Waals surface area (Å²) in [6.45, 7) is 5.61. The topological polar surface area (TPSA) is 72.7 Å². The Bertz CT molecular complexity index is 445. The highest BCUT2D eigenvalue weighted by molar-refractivity contribution is 5.47. The van der Waals surface area contributed by atoms with Gasteiger partial charge in [0.25, 0.3) is 0 Å². The Morgan fingerprint density at radius 3 is 2.20 bits per heavy atom. The molecule has 110 valence electrons. The van der Waals surface area contributed by atoms with Gasteiger partial charge in [0.1, 0.15) is 5.82 Å². The first-order valence-corrected chi connectivity index (χ1v) is 7.30. The van der Waals surface area contributed by atoms with Crippen molar-refractivity contribution in [2.75, 3.05) is 22.9 Å². The highest BCUT2D eigenvalue weighted by atomic mass is 16.3. The van der Waals surface area contributed by atoms with Crippen LogP contribution in [-0.2, 0) is 0 Å². The second kappa shape index (κ2) is 5.18. The summed E-state index contributed by atoms with van der Waals surface area (Å²) in [7, 11) is 0. The largest absolute Gasteiger partial charge is 0.391 e. The fourth-order valence-electron chi connectivity index (χ4n) is 3.09. The molecular formula is C14H22N4O2. The molecule has 0 bridgehead atoms. The maximum Gasteiger partial charge on any atom is 0.227 e. The van der Waals surface area contributed by atoms with Crippen molar-refractivity contribution in [3.05, 3.63) is 12.3 Å². The number of anilines is 2. The van der Waals surface area contributed by atoms with E-state index < -0.39 is 0 Å². The van der Waals surface area contributed by atoms with Crippen molar-refractivity contribution < 1.29 is 10.2 Å². The lowest BCUT2D eigenvalue weighted by Crippen LogP contribution is -2.35. The van der Waals surface area contributed by atoms with E-state index in [2.05, 4.69) is 14.9 Å². The van der Waals surface area contributed by atoms with Crippen molar-refractivity contribution in [3.8, 4) is 0 Å². The Morgan fingerprint density at radius 2 is 1.65 bits per heavy atom. The smallest absolute Gasteiger partial charge is 0.227 e. The summed E-state index contributed by atoms with van der Waals surface area (Å²) in [6, 6.07) is 2.01. The summed E-state index contributed by atoms with van der Waals surface area (Å²) in [6.07, 6.45) is 2.69. The van der Waals surface area contributed by atoms with E-state index in [9.17, 15) is 10.2 Å². The predicted octanol–water partition coefficient (Wildman–Crippen LogP) is 0.396. The number of hydrogen-bond acceptors (Lipinski definition) is 6. The number of aliphatic hydroxyl groups excluding tert-OH is 2. The summed E-state index contributed by atoms with van der Waals surface area (Å²) in [5.74, 6) is 1.52. The van der Waals surface area contributed by atoms with Crippen LogP contribution in [0.4, 0.5) is 11.8 Å². The van der Waals surface area contributed by atoms with E-state index in [0.717, 1.165) is 31.7 Å². The van der Waals surface area contributed by atoms with E-state index in [1.165, 1.54) is 0 Å². The van der Waals surface area contributed by atoms with Gasteiger partial charge in [0.15, 0.2) is 0 Å². The minimum atomic E-state index is -0.310. The van der Waals surface area contributed by atoms with Crippen molar-refractivity contribution in [2.45, 2.75) is 51.0 Å². The molecule has 0 saturated carbocycles. The molecule has 2 aliphatic heterocycles. The molecule has 4 atom stereocenters. The fourth-order valence-corrected chi connectivity index (χ4v) is 3.09. The van der Waals surface area contributed by atoms with Crippen molar-refractivity contribution in [1.29, 1.82) is 0 Å². The number of nitrogens with zero attached hydrogens (tertiary/aromatic N) is 4. The average Bonchev–Trinajstić information content (AvgIpc) is 2.95. The molecule has 2 fully saturated rings. The zero-order valence-electron chi connectivity index (χ0n) is 12.0. The highest BCUT2D eigenvalue weighted by Gasteiger charge is 2.33. The quantitative estimate of drug-likeness (QED) is 0.815. The van der Waals surface area contributed by atoms with Gasteiger partial charge in [-0.1, -0.05) is 0 Å². The van der Waals surface area contributed by atoms with E-state index in [0.29, 0.717) is 5.95 Å². The Hall–Kier alpha value is -1.40. The van der Waals surface area contributed by atoms with Gasteiger partial charge in [0, 0.05) is 19.3 Å². The molecule has 6 heteroatoms. The normalized spacial score (nSPS) is 34.0. The standard InChI is InChI=1S/C14H22N4O2/c1-9-11(19)4-7-17(9)13-3-6-15-14(16-13)18-8-5-12(20)10(18)2/h3,6,9-12,19-20H,4-5,7-8H2,1-2H3/t9-,10-,11-,12-/m1/s1. The van der Waals surface area contributed by atoms with E-state index in [1.807, 2.05) is 24.8 Å². The van der Waals surface area contributed by atoms with Crippen molar-refractivity contribution in [1.82, 2.24) is 9.97 Å². The lowest BCUT2D eigenvalue weighted by atomic mass is 10.2. The maximum absolute atomic E-state index is 9.86. The first-order valence-electron chi connectivity index (χ1n) is 7.30. The molecule has 0 unspecified atom stereocenters.